The van der Waals surface area contributed by atoms with Crippen LogP contribution >= 0.6 is 11.6 Å². The van der Waals surface area contributed by atoms with Gasteiger partial charge in [0.05, 0.1) is 24.2 Å². The molecule has 0 unspecified atom stereocenters. The van der Waals surface area contributed by atoms with Gasteiger partial charge in [0.2, 0.25) is 15.9 Å². The summed E-state index contributed by atoms with van der Waals surface area (Å²) in [5.41, 5.74) is 0.537. The summed E-state index contributed by atoms with van der Waals surface area (Å²) in [5, 5.41) is 3.01. The lowest BCUT2D eigenvalue weighted by Crippen LogP contribution is -2.37. The highest BCUT2D eigenvalue weighted by Crippen LogP contribution is 2.24. The van der Waals surface area contributed by atoms with Gasteiger partial charge in [-0.2, -0.15) is 4.31 Å². The SMILES string of the molecule is COc1ccccc1NC(=O)CN(Cc1ccccc1F)S(=O)(=O)c1ccc(Cl)cc1. The van der Waals surface area contributed by atoms with Gasteiger partial charge in [-0.25, -0.2) is 12.8 Å². The number of methoxy groups -OCH3 is 1. The highest BCUT2D eigenvalue weighted by molar-refractivity contribution is 7.89. The van der Waals surface area contributed by atoms with Crippen LogP contribution in [0, 0.1) is 5.82 Å². The second-order valence-electron chi connectivity index (χ2n) is 6.57. The fourth-order valence-corrected chi connectivity index (χ4v) is 4.40. The van der Waals surface area contributed by atoms with Crippen molar-refractivity contribution in [1.29, 1.82) is 0 Å². The number of carbonyl (C=O) groups excluding carboxylic acids is 1. The van der Waals surface area contributed by atoms with Crippen LogP contribution in [0.4, 0.5) is 10.1 Å². The Kier molecular flexibility index (Phi) is 7.27. The molecule has 31 heavy (non-hydrogen) atoms. The molecule has 0 fully saturated rings. The van der Waals surface area contributed by atoms with Crippen molar-refractivity contribution in [3.63, 3.8) is 0 Å². The van der Waals surface area contributed by atoms with E-state index in [1.165, 1.54) is 49.6 Å². The molecule has 0 aliphatic rings. The standard InChI is InChI=1S/C22H20ClFN2O4S/c1-30-21-9-5-4-8-20(21)25-22(27)15-26(14-16-6-2-3-7-19(16)24)31(28,29)18-12-10-17(23)11-13-18/h2-13H,14-15H2,1H3,(H,25,27). The molecule has 9 heteroatoms. The number of hydrogen-bond acceptors (Lipinski definition) is 4. The highest BCUT2D eigenvalue weighted by atomic mass is 35.5. The number of carbonyl (C=O) groups is 1. The number of benzene rings is 3. The van der Waals surface area contributed by atoms with E-state index in [2.05, 4.69) is 5.32 Å². The zero-order valence-corrected chi connectivity index (χ0v) is 18.2. The Bertz CT molecular complexity index is 1170. The number of sulfonamides is 1. The molecule has 3 rings (SSSR count). The van der Waals surface area contributed by atoms with Crippen molar-refractivity contribution in [3.05, 3.63) is 89.2 Å². The van der Waals surface area contributed by atoms with E-state index in [9.17, 15) is 17.6 Å². The van der Waals surface area contributed by atoms with E-state index < -0.39 is 28.3 Å². The number of para-hydroxylation sites is 2. The van der Waals surface area contributed by atoms with Gasteiger partial charge in [0.1, 0.15) is 11.6 Å². The van der Waals surface area contributed by atoms with Crippen LogP contribution in [-0.2, 0) is 21.4 Å². The van der Waals surface area contributed by atoms with Crippen LogP contribution in [-0.4, -0.2) is 32.3 Å². The monoisotopic (exact) mass is 462 g/mol. The lowest BCUT2D eigenvalue weighted by atomic mass is 10.2. The van der Waals surface area contributed by atoms with Crippen molar-refractivity contribution in [1.82, 2.24) is 4.31 Å². The molecule has 1 N–H and O–H groups in total. The molecular formula is C22H20ClFN2O4S. The van der Waals surface area contributed by atoms with Crippen LogP contribution in [0.3, 0.4) is 0 Å². The van der Waals surface area contributed by atoms with Crippen molar-refractivity contribution < 1.29 is 22.3 Å². The first-order valence-corrected chi connectivity index (χ1v) is 11.0. The van der Waals surface area contributed by atoms with Crippen LogP contribution in [0.2, 0.25) is 5.02 Å². The maximum atomic E-state index is 14.2. The average Bonchev–Trinajstić information content (AvgIpc) is 2.75. The van der Waals surface area contributed by atoms with E-state index in [0.29, 0.717) is 16.5 Å². The van der Waals surface area contributed by atoms with Gasteiger partial charge in [0, 0.05) is 17.1 Å². The number of amides is 1. The summed E-state index contributed by atoms with van der Waals surface area (Å²) < 4.78 is 46.8. The number of hydrogen-bond donors (Lipinski definition) is 1. The normalized spacial score (nSPS) is 11.4. The third-order valence-electron chi connectivity index (χ3n) is 4.46. The molecule has 0 saturated heterocycles. The summed E-state index contributed by atoms with van der Waals surface area (Å²) >= 11 is 5.86. The second-order valence-corrected chi connectivity index (χ2v) is 8.94. The van der Waals surface area contributed by atoms with Crippen molar-refractivity contribution in [2.45, 2.75) is 11.4 Å². The van der Waals surface area contributed by atoms with Crippen LogP contribution in [0.25, 0.3) is 0 Å². The topological polar surface area (TPSA) is 75.7 Å². The van der Waals surface area contributed by atoms with Gasteiger partial charge in [-0.1, -0.05) is 41.9 Å². The number of ether oxygens (including phenoxy) is 1. The molecule has 3 aromatic carbocycles. The number of halogens is 2. The molecule has 0 radical (unpaired) electrons. The van der Waals surface area contributed by atoms with Gasteiger partial charge in [-0.3, -0.25) is 4.79 Å². The maximum absolute atomic E-state index is 14.2. The Labute approximate surface area is 185 Å². The fourth-order valence-electron chi connectivity index (χ4n) is 2.90. The molecule has 0 spiro atoms. The minimum Gasteiger partial charge on any atom is -0.495 e. The molecule has 162 valence electrons. The van der Waals surface area contributed by atoms with Gasteiger partial charge < -0.3 is 10.1 Å². The third kappa shape index (κ3) is 5.61. The Hall–Kier alpha value is -2.94. The average molecular weight is 463 g/mol. The Morgan fingerprint density at radius 3 is 2.35 bits per heavy atom. The van der Waals surface area contributed by atoms with E-state index in [4.69, 9.17) is 16.3 Å². The van der Waals surface area contributed by atoms with Crippen molar-refractivity contribution >= 4 is 33.2 Å². The van der Waals surface area contributed by atoms with E-state index >= 15 is 0 Å². The molecule has 0 aliphatic heterocycles. The molecule has 0 saturated carbocycles. The van der Waals surface area contributed by atoms with E-state index in [1.54, 1.807) is 30.3 Å². The van der Waals surface area contributed by atoms with Crippen molar-refractivity contribution in [3.8, 4) is 5.75 Å². The molecule has 0 atom stereocenters. The summed E-state index contributed by atoms with van der Waals surface area (Å²) in [5.74, 6) is -0.737. The van der Waals surface area contributed by atoms with Gasteiger partial charge >= 0.3 is 0 Å². The molecule has 0 bridgehead atoms. The van der Waals surface area contributed by atoms with E-state index in [-0.39, 0.29) is 17.0 Å². The second kappa shape index (κ2) is 9.91. The molecule has 0 aromatic heterocycles. The summed E-state index contributed by atoms with van der Waals surface area (Å²) in [7, 11) is -2.66. The number of nitrogens with one attached hydrogen (secondary N) is 1. The lowest BCUT2D eigenvalue weighted by molar-refractivity contribution is -0.116. The van der Waals surface area contributed by atoms with Gasteiger partial charge in [0.25, 0.3) is 0 Å². The molecule has 3 aromatic rings. The quantitative estimate of drug-likeness (QED) is 0.541. The van der Waals surface area contributed by atoms with Gasteiger partial charge in [-0.05, 0) is 42.5 Å². The van der Waals surface area contributed by atoms with Crippen LogP contribution in [0.5, 0.6) is 5.75 Å². The van der Waals surface area contributed by atoms with E-state index in [1.807, 2.05) is 0 Å². The Morgan fingerprint density at radius 1 is 1.03 bits per heavy atom. The summed E-state index contributed by atoms with van der Waals surface area (Å²) in [6, 6.07) is 18.1. The number of nitrogens with zero attached hydrogens (tertiary/aromatic N) is 1. The molecule has 6 nitrogen and oxygen atoms in total. The van der Waals surface area contributed by atoms with Crippen molar-refractivity contribution in [2.75, 3.05) is 19.0 Å². The fraction of sp³-hybridized carbons (Fsp3) is 0.136. The first kappa shape index (κ1) is 22.7. The minimum absolute atomic E-state index is 0.0571. The minimum atomic E-state index is -4.12. The number of rotatable bonds is 8. The molecule has 0 aliphatic carbocycles. The Morgan fingerprint density at radius 2 is 1.68 bits per heavy atom. The number of anilines is 1. The predicted molar refractivity (Wildman–Crippen MR) is 117 cm³/mol. The molecule has 0 heterocycles. The zero-order valence-electron chi connectivity index (χ0n) is 16.6. The third-order valence-corrected chi connectivity index (χ3v) is 6.51. The highest BCUT2D eigenvalue weighted by Gasteiger charge is 2.28. The largest absolute Gasteiger partial charge is 0.495 e. The summed E-state index contributed by atoms with van der Waals surface area (Å²) in [4.78, 5) is 12.7. The molecular weight excluding hydrogens is 443 g/mol. The van der Waals surface area contributed by atoms with Crippen LogP contribution in [0.1, 0.15) is 5.56 Å². The summed E-state index contributed by atoms with van der Waals surface area (Å²) in [6.45, 7) is -0.853. The first-order valence-electron chi connectivity index (χ1n) is 9.23. The zero-order chi connectivity index (χ0) is 22.4. The van der Waals surface area contributed by atoms with Crippen LogP contribution < -0.4 is 10.1 Å². The smallest absolute Gasteiger partial charge is 0.243 e. The summed E-state index contributed by atoms with van der Waals surface area (Å²) in [6.07, 6.45) is 0. The maximum Gasteiger partial charge on any atom is 0.243 e. The van der Waals surface area contributed by atoms with Gasteiger partial charge in [-0.15, -0.1) is 0 Å². The van der Waals surface area contributed by atoms with Gasteiger partial charge in [0.15, 0.2) is 0 Å². The van der Waals surface area contributed by atoms with E-state index in [0.717, 1.165) is 4.31 Å². The Balaban J connectivity index is 1.91. The molecule has 1 amide bonds. The predicted octanol–water partition coefficient (Wildman–Crippen LogP) is 4.32. The van der Waals surface area contributed by atoms with Crippen LogP contribution in [0.15, 0.2) is 77.7 Å². The first-order chi connectivity index (χ1) is 14.8. The lowest BCUT2D eigenvalue weighted by Gasteiger charge is -2.22. The van der Waals surface area contributed by atoms with Crippen molar-refractivity contribution in [2.24, 2.45) is 0 Å².